The quantitative estimate of drug-likeness (QED) is 0.535. The highest BCUT2D eigenvalue weighted by atomic mass is 16.5. The summed E-state index contributed by atoms with van der Waals surface area (Å²) >= 11 is 0. The topological polar surface area (TPSA) is 57.6 Å². The Kier molecular flexibility index (Phi) is 1.67. The highest BCUT2D eigenvalue weighted by molar-refractivity contribution is 6.45. The molecule has 0 radical (unpaired) electrons. The van der Waals surface area contributed by atoms with Gasteiger partial charge in [0.05, 0.1) is 0 Å². The molecular weight excluding hydrogens is 158 g/mol. The van der Waals surface area contributed by atoms with Crippen LogP contribution in [0.15, 0.2) is 0 Å². The Morgan fingerprint density at radius 1 is 1.00 bits per heavy atom. The van der Waals surface area contributed by atoms with Gasteiger partial charge in [-0.05, 0) is 27.7 Å². The smallest absolute Gasteiger partial charge is 0.222 e. The van der Waals surface area contributed by atoms with Gasteiger partial charge in [0.2, 0.25) is 11.6 Å². The number of hydrogen-bond donors (Lipinski definition) is 1. The molecule has 4 nitrogen and oxygen atoms in total. The number of ketones is 2. The van der Waals surface area contributed by atoms with Crippen molar-refractivity contribution in [3.05, 3.63) is 0 Å². The maximum Gasteiger partial charge on any atom is 0.222 e. The molecule has 1 N–H and O–H groups in total. The zero-order chi connectivity index (χ0) is 9.73. The van der Waals surface area contributed by atoms with Crippen LogP contribution >= 0.6 is 0 Å². The van der Waals surface area contributed by atoms with Crippen LogP contribution in [-0.4, -0.2) is 32.9 Å². The van der Waals surface area contributed by atoms with Crippen LogP contribution in [-0.2, 0) is 9.59 Å². The lowest BCUT2D eigenvalue weighted by Crippen LogP contribution is -2.48. The minimum Gasteiger partial charge on any atom is -0.312 e. The minimum absolute atomic E-state index is 0.532. The lowest BCUT2D eigenvalue weighted by molar-refractivity contribution is -0.192. The van der Waals surface area contributed by atoms with Crippen molar-refractivity contribution in [1.82, 2.24) is 5.06 Å². The van der Waals surface area contributed by atoms with E-state index in [9.17, 15) is 14.8 Å². The molecule has 0 aromatic rings. The maximum absolute atomic E-state index is 11.3. The Morgan fingerprint density at radius 2 is 1.25 bits per heavy atom. The Morgan fingerprint density at radius 3 is 1.33 bits per heavy atom. The van der Waals surface area contributed by atoms with E-state index in [1.54, 1.807) is 0 Å². The molecular formula is C8H13NO3. The minimum atomic E-state index is -1.08. The van der Waals surface area contributed by atoms with Crippen LogP contribution in [0.4, 0.5) is 0 Å². The zero-order valence-electron chi connectivity index (χ0n) is 7.71. The fraction of sp³-hybridized carbons (Fsp3) is 0.750. The van der Waals surface area contributed by atoms with Gasteiger partial charge in [-0.3, -0.25) is 9.59 Å². The lowest BCUT2D eigenvalue weighted by atomic mass is 9.98. The van der Waals surface area contributed by atoms with E-state index in [-0.39, 0.29) is 0 Å². The van der Waals surface area contributed by atoms with E-state index in [0.29, 0.717) is 0 Å². The van der Waals surface area contributed by atoms with Gasteiger partial charge in [-0.2, -0.15) is 5.06 Å². The summed E-state index contributed by atoms with van der Waals surface area (Å²) in [7, 11) is 0. The molecule has 12 heavy (non-hydrogen) atoms. The predicted octanol–water partition coefficient (Wildman–Crippen LogP) is 0.387. The average molecular weight is 171 g/mol. The summed E-state index contributed by atoms with van der Waals surface area (Å²) < 4.78 is 0. The first kappa shape index (κ1) is 9.35. The van der Waals surface area contributed by atoms with Crippen LogP contribution in [0, 0.1) is 0 Å². The monoisotopic (exact) mass is 171 g/mol. The van der Waals surface area contributed by atoms with Crippen LogP contribution in [0.3, 0.4) is 0 Å². The molecule has 0 aromatic carbocycles. The first-order chi connectivity index (χ1) is 5.22. The fourth-order valence-electron chi connectivity index (χ4n) is 1.45. The molecule has 1 aliphatic heterocycles. The van der Waals surface area contributed by atoms with Gasteiger partial charge in [-0.1, -0.05) is 0 Å². The molecule has 0 amide bonds. The SMILES string of the molecule is CC1(C)C(=O)C(=O)C(C)(C)N1O. The number of Topliss-reactive ketones (excluding diaryl/α,β-unsaturated/α-hetero) is 2. The van der Waals surface area contributed by atoms with Crippen LogP contribution in [0.1, 0.15) is 27.7 Å². The predicted molar refractivity (Wildman–Crippen MR) is 41.8 cm³/mol. The van der Waals surface area contributed by atoms with Crippen molar-refractivity contribution in [2.24, 2.45) is 0 Å². The van der Waals surface area contributed by atoms with Gasteiger partial charge >= 0.3 is 0 Å². The fourth-order valence-corrected chi connectivity index (χ4v) is 1.45. The Balaban J connectivity index is 3.21. The van der Waals surface area contributed by atoms with Crippen molar-refractivity contribution in [1.29, 1.82) is 0 Å². The summed E-state index contributed by atoms with van der Waals surface area (Å²) in [4.78, 5) is 22.6. The van der Waals surface area contributed by atoms with Crippen molar-refractivity contribution in [2.75, 3.05) is 0 Å². The van der Waals surface area contributed by atoms with E-state index >= 15 is 0 Å². The Hall–Kier alpha value is -0.740. The van der Waals surface area contributed by atoms with Crippen LogP contribution in [0.5, 0.6) is 0 Å². The second-order valence-corrected chi connectivity index (χ2v) is 4.09. The van der Waals surface area contributed by atoms with Crippen molar-refractivity contribution in [3.8, 4) is 0 Å². The molecule has 0 unspecified atom stereocenters. The first-order valence-corrected chi connectivity index (χ1v) is 3.81. The lowest BCUT2D eigenvalue weighted by Gasteiger charge is -2.30. The summed E-state index contributed by atoms with van der Waals surface area (Å²) in [5.41, 5.74) is -2.17. The highest BCUT2D eigenvalue weighted by Gasteiger charge is 2.57. The Labute approximate surface area is 71.1 Å². The van der Waals surface area contributed by atoms with Gasteiger partial charge in [0.15, 0.2) is 0 Å². The molecule has 1 fully saturated rings. The van der Waals surface area contributed by atoms with E-state index in [0.717, 1.165) is 5.06 Å². The maximum atomic E-state index is 11.3. The number of hydrogen-bond acceptors (Lipinski definition) is 4. The van der Waals surface area contributed by atoms with Crippen molar-refractivity contribution in [2.45, 2.75) is 38.8 Å². The second-order valence-electron chi connectivity index (χ2n) is 4.09. The van der Waals surface area contributed by atoms with Gasteiger partial charge in [0.25, 0.3) is 0 Å². The number of carbonyl (C=O) groups excluding carboxylic acids is 2. The highest BCUT2D eigenvalue weighted by Crippen LogP contribution is 2.33. The second kappa shape index (κ2) is 2.14. The average Bonchev–Trinajstić information content (AvgIpc) is 2.06. The van der Waals surface area contributed by atoms with E-state index in [1.807, 2.05) is 0 Å². The van der Waals surface area contributed by atoms with Crippen LogP contribution in [0.2, 0.25) is 0 Å². The molecule has 0 bridgehead atoms. The van der Waals surface area contributed by atoms with E-state index in [1.165, 1.54) is 27.7 Å². The van der Waals surface area contributed by atoms with Gasteiger partial charge in [-0.15, -0.1) is 0 Å². The molecule has 0 aromatic heterocycles. The molecule has 1 aliphatic rings. The normalized spacial score (nSPS) is 28.1. The zero-order valence-corrected chi connectivity index (χ0v) is 7.71. The number of rotatable bonds is 0. The van der Waals surface area contributed by atoms with E-state index < -0.39 is 22.6 Å². The summed E-state index contributed by atoms with van der Waals surface area (Å²) in [6, 6.07) is 0. The number of carbonyl (C=O) groups is 2. The van der Waals surface area contributed by atoms with Crippen molar-refractivity contribution >= 4 is 11.6 Å². The number of hydroxylamine groups is 2. The van der Waals surface area contributed by atoms with Crippen LogP contribution in [0.25, 0.3) is 0 Å². The van der Waals surface area contributed by atoms with Gasteiger partial charge in [-0.25, -0.2) is 0 Å². The third kappa shape index (κ3) is 0.850. The van der Waals surface area contributed by atoms with Crippen molar-refractivity contribution < 1.29 is 14.8 Å². The molecule has 0 aliphatic carbocycles. The molecule has 68 valence electrons. The van der Waals surface area contributed by atoms with E-state index in [4.69, 9.17) is 0 Å². The summed E-state index contributed by atoms with van der Waals surface area (Å²) in [6.45, 7) is 6.12. The molecule has 1 saturated heterocycles. The molecule has 1 rings (SSSR count). The molecule has 0 saturated carbocycles. The largest absolute Gasteiger partial charge is 0.312 e. The third-order valence-corrected chi connectivity index (χ3v) is 2.38. The van der Waals surface area contributed by atoms with Crippen molar-refractivity contribution in [3.63, 3.8) is 0 Å². The molecule has 4 heteroatoms. The standard InChI is InChI=1S/C8H13NO3/c1-7(2)5(10)6(11)8(3,4)9(7)12/h12H,1-4H3. The molecule has 0 spiro atoms. The van der Waals surface area contributed by atoms with Gasteiger partial charge in [0.1, 0.15) is 11.1 Å². The third-order valence-electron chi connectivity index (χ3n) is 2.38. The summed E-state index contributed by atoms with van der Waals surface area (Å²) in [5, 5.41) is 10.3. The van der Waals surface area contributed by atoms with Crippen LogP contribution < -0.4 is 0 Å². The van der Waals surface area contributed by atoms with Gasteiger partial charge < -0.3 is 5.21 Å². The van der Waals surface area contributed by atoms with Gasteiger partial charge in [0, 0.05) is 0 Å². The van der Waals surface area contributed by atoms with E-state index in [2.05, 4.69) is 0 Å². The summed E-state index contributed by atoms with van der Waals surface area (Å²) in [6.07, 6.45) is 0. The summed E-state index contributed by atoms with van der Waals surface area (Å²) in [5.74, 6) is -1.06. The first-order valence-electron chi connectivity index (χ1n) is 3.81. The number of nitrogens with zero attached hydrogens (tertiary/aromatic N) is 1. The molecule has 1 heterocycles. The Bertz CT molecular complexity index is 229. The molecule has 0 atom stereocenters.